The van der Waals surface area contributed by atoms with Crippen LogP contribution in [0.4, 0.5) is 16.2 Å². The van der Waals surface area contributed by atoms with Crippen molar-refractivity contribution >= 4 is 17.5 Å². The van der Waals surface area contributed by atoms with Crippen molar-refractivity contribution in [2.24, 2.45) is 0 Å². The van der Waals surface area contributed by atoms with Gasteiger partial charge in [-0.25, -0.2) is 9.78 Å². The number of nitrogens with zero attached hydrogens (tertiary/aromatic N) is 3. The zero-order chi connectivity index (χ0) is 17.6. The standard InChI is InChI=1S/C18H20N4O3/c1-3-8-25-18(23)22(4-2)15-5-6-17-16(10-15)21(7-9-24-17)12-14-11-19-13-20-14/h1,5-6,10-11,13H,4,7-9,12H2,2H3,(H,19,20). The molecule has 0 aliphatic carbocycles. The lowest BCUT2D eigenvalue weighted by atomic mass is 10.2. The minimum absolute atomic E-state index is 0.0470. The predicted octanol–water partition coefficient (Wildman–Crippen LogP) is 2.40. The molecule has 0 saturated heterocycles. The van der Waals surface area contributed by atoms with Crippen molar-refractivity contribution in [2.75, 3.05) is 36.1 Å². The summed E-state index contributed by atoms with van der Waals surface area (Å²) in [6.07, 6.45) is 8.22. The summed E-state index contributed by atoms with van der Waals surface area (Å²) in [5.41, 5.74) is 2.61. The van der Waals surface area contributed by atoms with Crippen molar-refractivity contribution in [3.05, 3.63) is 36.4 Å². The summed E-state index contributed by atoms with van der Waals surface area (Å²) >= 11 is 0. The first kappa shape index (κ1) is 16.7. The molecule has 1 aliphatic heterocycles. The minimum atomic E-state index is -0.462. The molecule has 0 atom stereocenters. The second-order valence-corrected chi connectivity index (χ2v) is 5.49. The number of hydrogen-bond acceptors (Lipinski definition) is 5. The molecule has 1 aromatic carbocycles. The van der Waals surface area contributed by atoms with Gasteiger partial charge >= 0.3 is 6.09 Å². The fraction of sp³-hybridized carbons (Fsp3) is 0.333. The maximum atomic E-state index is 12.2. The molecule has 0 saturated carbocycles. The summed E-state index contributed by atoms with van der Waals surface area (Å²) in [6.45, 7) is 4.33. The molecular weight excluding hydrogens is 320 g/mol. The van der Waals surface area contributed by atoms with Crippen LogP contribution in [0.15, 0.2) is 30.7 Å². The Hall–Kier alpha value is -3.14. The second-order valence-electron chi connectivity index (χ2n) is 5.49. The number of fused-ring (bicyclic) bond motifs is 1. The highest BCUT2D eigenvalue weighted by Crippen LogP contribution is 2.36. The van der Waals surface area contributed by atoms with Crippen LogP contribution >= 0.6 is 0 Å². The normalized spacial score (nSPS) is 12.7. The van der Waals surface area contributed by atoms with Gasteiger partial charge in [0.05, 0.1) is 30.8 Å². The van der Waals surface area contributed by atoms with Gasteiger partial charge in [-0.3, -0.25) is 4.90 Å². The van der Waals surface area contributed by atoms with E-state index in [1.54, 1.807) is 11.2 Å². The highest BCUT2D eigenvalue weighted by molar-refractivity contribution is 5.89. The maximum Gasteiger partial charge on any atom is 0.415 e. The SMILES string of the molecule is C#CCOC(=O)N(CC)c1ccc2c(c1)N(Cc1c[nH]cn1)CCO2. The molecule has 0 bridgehead atoms. The smallest absolute Gasteiger partial charge is 0.415 e. The van der Waals surface area contributed by atoms with Crippen LogP contribution in [0, 0.1) is 12.3 Å². The molecule has 0 unspecified atom stereocenters. The number of rotatable bonds is 5. The zero-order valence-corrected chi connectivity index (χ0v) is 14.1. The van der Waals surface area contributed by atoms with Gasteiger partial charge in [0.1, 0.15) is 12.4 Å². The van der Waals surface area contributed by atoms with Crippen molar-refractivity contribution in [3.8, 4) is 18.1 Å². The number of carbonyl (C=O) groups is 1. The van der Waals surface area contributed by atoms with Crippen LogP contribution in [-0.2, 0) is 11.3 Å². The Morgan fingerprint density at radius 2 is 2.44 bits per heavy atom. The molecule has 7 nitrogen and oxygen atoms in total. The van der Waals surface area contributed by atoms with Gasteiger partial charge in [-0.2, -0.15) is 0 Å². The minimum Gasteiger partial charge on any atom is -0.490 e. The van der Waals surface area contributed by atoms with Gasteiger partial charge in [-0.1, -0.05) is 5.92 Å². The van der Waals surface area contributed by atoms with E-state index in [2.05, 4.69) is 20.8 Å². The third-order valence-corrected chi connectivity index (χ3v) is 3.94. The van der Waals surface area contributed by atoms with E-state index in [-0.39, 0.29) is 6.61 Å². The number of anilines is 2. The van der Waals surface area contributed by atoms with Crippen LogP contribution in [0.3, 0.4) is 0 Å². The number of terminal acetylenes is 1. The largest absolute Gasteiger partial charge is 0.490 e. The van der Waals surface area contributed by atoms with Crippen molar-refractivity contribution in [2.45, 2.75) is 13.5 Å². The fourth-order valence-corrected chi connectivity index (χ4v) is 2.76. The number of hydrogen-bond donors (Lipinski definition) is 1. The molecule has 1 N–H and O–H groups in total. The van der Waals surface area contributed by atoms with Crippen LogP contribution in [0.1, 0.15) is 12.6 Å². The van der Waals surface area contributed by atoms with Gasteiger partial charge < -0.3 is 19.4 Å². The Bertz CT molecular complexity index is 767. The molecule has 2 aromatic rings. The van der Waals surface area contributed by atoms with E-state index >= 15 is 0 Å². The summed E-state index contributed by atoms with van der Waals surface area (Å²) < 4.78 is 10.8. The number of H-pyrrole nitrogens is 1. The van der Waals surface area contributed by atoms with Crippen LogP contribution in [0.5, 0.6) is 5.75 Å². The molecule has 3 rings (SSSR count). The molecule has 7 heteroatoms. The second kappa shape index (κ2) is 7.62. The van der Waals surface area contributed by atoms with E-state index in [9.17, 15) is 4.79 Å². The first-order valence-corrected chi connectivity index (χ1v) is 8.10. The topological polar surface area (TPSA) is 70.7 Å². The van der Waals surface area contributed by atoms with Crippen LogP contribution in [0.25, 0.3) is 0 Å². The fourth-order valence-electron chi connectivity index (χ4n) is 2.76. The first-order valence-electron chi connectivity index (χ1n) is 8.10. The number of ether oxygens (including phenoxy) is 2. The lowest BCUT2D eigenvalue weighted by molar-refractivity contribution is 0.168. The van der Waals surface area contributed by atoms with Crippen LogP contribution in [-0.4, -0.2) is 42.4 Å². The summed E-state index contributed by atoms with van der Waals surface area (Å²) in [5, 5.41) is 0. The van der Waals surface area contributed by atoms with Gasteiger partial charge in [0.2, 0.25) is 0 Å². The summed E-state index contributed by atoms with van der Waals surface area (Å²) in [4.78, 5) is 23.1. The van der Waals surface area contributed by atoms with Crippen molar-refractivity contribution in [3.63, 3.8) is 0 Å². The molecule has 0 spiro atoms. The number of nitrogens with one attached hydrogen (secondary N) is 1. The van der Waals surface area contributed by atoms with Gasteiger partial charge in [0.15, 0.2) is 6.61 Å². The molecule has 25 heavy (non-hydrogen) atoms. The molecule has 0 fully saturated rings. The zero-order valence-electron chi connectivity index (χ0n) is 14.1. The van der Waals surface area contributed by atoms with Crippen LogP contribution in [0.2, 0.25) is 0 Å². The van der Waals surface area contributed by atoms with Gasteiger partial charge in [0, 0.05) is 18.4 Å². The number of amides is 1. The van der Waals surface area contributed by atoms with E-state index in [1.807, 2.05) is 31.3 Å². The van der Waals surface area contributed by atoms with Gasteiger partial charge in [-0.15, -0.1) is 6.42 Å². The molecule has 130 valence electrons. The first-order chi connectivity index (χ1) is 12.2. The number of carbonyl (C=O) groups excluding carboxylic acids is 1. The van der Waals surface area contributed by atoms with E-state index in [1.165, 1.54) is 0 Å². The lowest BCUT2D eigenvalue weighted by Gasteiger charge is -2.32. The third kappa shape index (κ3) is 3.69. The van der Waals surface area contributed by atoms with Gasteiger partial charge in [0.25, 0.3) is 0 Å². The van der Waals surface area contributed by atoms with Crippen molar-refractivity contribution < 1.29 is 14.3 Å². The Balaban J connectivity index is 1.85. The monoisotopic (exact) mass is 340 g/mol. The van der Waals surface area contributed by atoms with Crippen molar-refractivity contribution in [1.29, 1.82) is 0 Å². The highest BCUT2D eigenvalue weighted by atomic mass is 16.6. The third-order valence-electron chi connectivity index (χ3n) is 3.94. The molecule has 1 aliphatic rings. The average molecular weight is 340 g/mol. The maximum absolute atomic E-state index is 12.2. The van der Waals surface area contributed by atoms with Crippen LogP contribution < -0.4 is 14.5 Å². The number of aromatic amines is 1. The Kier molecular flexibility index (Phi) is 5.09. The Morgan fingerprint density at radius 1 is 1.56 bits per heavy atom. The summed E-state index contributed by atoms with van der Waals surface area (Å²) in [6, 6.07) is 5.65. The van der Waals surface area contributed by atoms with Crippen molar-refractivity contribution in [1.82, 2.24) is 9.97 Å². The van der Waals surface area contributed by atoms with Gasteiger partial charge in [-0.05, 0) is 25.1 Å². The molecule has 1 amide bonds. The Morgan fingerprint density at radius 3 is 3.16 bits per heavy atom. The molecular formula is C18H20N4O3. The number of aromatic nitrogens is 2. The quantitative estimate of drug-likeness (QED) is 0.847. The molecule has 1 aromatic heterocycles. The van der Waals surface area contributed by atoms with E-state index in [4.69, 9.17) is 15.9 Å². The van der Waals surface area contributed by atoms with E-state index in [0.717, 1.165) is 29.4 Å². The molecule has 2 heterocycles. The summed E-state index contributed by atoms with van der Waals surface area (Å²) in [7, 11) is 0. The Labute approximate surface area is 146 Å². The van der Waals surface area contributed by atoms with E-state index < -0.39 is 6.09 Å². The number of benzene rings is 1. The summed E-state index contributed by atoms with van der Waals surface area (Å²) in [5.74, 6) is 3.09. The molecule has 0 radical (unpaired) electrons. The predicted molar refractivity (Wildman–Crippen MR) is 94.8 cm³/mol. The van der Waals surface area contributed by atoms with E-state index in [0.29, 0.717) is 19.7 Å². The number of imidazole rings is 1. The average Bonchev–Trinajstić information content (AvgIpc) is 3.14. The lowest BCUT2D eigenvalue weighted by Crippen LogP contribution is -2.34. The highest BCUT2D eigenvalue weighted by Gasteiger charge is 2.22.